The van der Waals surface area contributed by atoms with Gasteiger partial charge in [-0.25, -0.2) is 0 Å². The minimum absolute atomic E-state index is 0. The van der Waals surface area contributed by atoms with Crippen molar-refractivity contribution in [3.05, 3.63) is 83.0 Å². The highest BCUT2D eigenvalue weighted by molar-refractivity contribution is 6.34. The van der Waals surface area contributed by atoms with Crippen LogP contribution in [0.4, 0.5) is 11.4 Å². The van der Waals surface area contributed by atoms with Crippen molar-refractivity contribution in [2.45, 2.75) is 12.8 Å². The van der Waals surface area contributed by atoms with Crippen molar-refractivity contribution in [1.82, 2.24) is 0 Å². The molecule has 0 radical (unpaired) electrons. The van der Waals surface area contributed by atoms with Crippen molar-refractivity contribution in [3.63, 3.8) is 0 Å². The lowest BCUT2D eigenvalue weighted by atomic mass is 10.2. The number of hydrogen-bond acceptors (Lipinski definition) is 2. The summed E-state index contributed by atoms with van der Waals surface area (Å²) >= 11 is 6.46. The molecule has 0 saturated heterocycles. The maximum atomic E-state index is 6.46. The number of halogens is 2. The molecular weight excluding hydrogens is 327 g/mol. The van der Waals surface area contributed by atoms with Crippen LogP contribution in [0, 0.1) is 0 Å². The lowest BCUT2D eigenvalue weighted by molar-refractivity contribution is 1.04. The SMILES string of the molecule is Cl.ClC1=C(/C=N/c2ccccc2)CC/C1=C\Nc1ccccc1. The summed E-state index contributed by atoms with van der Waals surface area (Å²) in [5.74, 6) is 0. The van der Waals surface area contributed by atoms with Gasteiger partial charge in [0.15, 0.2) is 0 Å². The molecule has 1 N–H and O–H groups in total. The Balaban J connectivity index is 0.00000192. The summed E-state index contributed by atoms with van der Waals surface area (Å²) in [4.78, 5) is 4.48. The standard InChI is InChI=1S/C19H17ClN2.ClH/c20-19-15(13-21-17-7-3-1-4-8-17)11-12-16(19)14-22-18-9-5-2-6-10-18;/h1-10,13-14,21H,11-12H2;1H/b15-13+,22-14+;. The van der Waals surface area contributed by atoms with Crippen molar-refractivity contribution < 1.29 is 0 Å². The molecule has 23 heavy (non-hydrogen) atoms. The first-order valence-corrected chi connectivity index (χ1v) is 7.69. The maximum Gasteiger partial charge on any atom is 0.0629 e. The zero-order valence-corrected chi connectivity index (χ0v) is 14.1. The van der Waals surface area contributed by atoms with Crippen LogP contribution in [0.2, 0.25) is 0 Å². The number of benzene rings is 2. The van der Waals surface area contributed by atoms with E-state index in [-0.39, 0.29) is 12.4 Å². The maximum absolute atomic E-state index is 6.46. The molecule has 0 saturated carbocycles. The van der Waals surface area contributed by atoms with E-state index in [9.17, 15) is 0 Å². The Morgan fingerprint density at radius 3 is 2.26 bits per heavy atom. The van der Waals surface area contributed by atoms with Crippen molar-refractivity contribution >= 4 is 41.6 Å². The molecule has 2 aromatic carbocycles. The largest absolute Gasteiger partial charge is 0.361 e. The number of para-hydroxylation sites is 2. The highest BCUT2D eigenvalue weighted by atomic mass is 35.5. The van der Waals surface area contributed by atoms with Gasteiger partial charge in [-0.3, -0.25) is 4.99 Å². The van der Waals surface area contributed by atoms with Crippen LogP contribution in [0.1, 0.15) is 12.8 Å². The molecule has 0 amide bonds. The molecule has 2 aromatic rings. The van der Waals surface area contributed by atoms with E-state index >= 15 is 0 Å². The Kier molecular flexibility index (Phi) is 6.45. The Morgan fingerprint density at radius 1 is 0.913 bits per heavy atom. The summed E-state index contributed by atoms with van der Waals surface area (Å²) in [6, 6.07) is 20.0. The van der Waals surface area contributed by atoms with Gasteiger partial charge < -0.3 is 5.32 Å². The molecule has 1 aliphatic rings. The number of hydrogen-bond donors (Lipinski definition) is 1. The van der Waals surface area contributed by atoms with Gasteiger partial charge in [-0.15, -0.1) is 12.4 Å². The molecule has 0 spiro atoms. The molecule has 118 valence electrons. The summed E-state index contributed by atoms with van der Waals surface area (Å²) in [5, 5.41) is 4.09. The third-order valence-corrected chi connectivity index (χ3v) is 4.03. The summed E-state index contributed by atoms with van der Waals surface area (Å²) in [5.41, 5.74) is 4.22. The number of anilines is 1. The molecule has 3 rings (SSSR count). The van der Waals surface area contributed by atoms with Crippen LogP contribution in [0.5, 0.6) is 0 Å². The van der Waals surface area contributed by atoms with Gasteiger partial charge in [-0.2, -0.15) is 0 Å². The quantitative estimate of drug-likeness (QED) is 0.666. The lowest BCUT2D eigenvalue weighted by Gasteiger charge is -2.02. The zero-order valence-electron chi connectivity index (χ0n) is 12.6. The van der Waals surface area contributed by atoms with Gasteiger partial charge in [-0.1, -0.05) is 48.0 Å². The van der Waals surface area contributed by atoms with E-state index in [2.05, 4.69) is 10.3 Å². The molecular formula is C19H18Cl2N2. The van der Waals surface area contributed by atoms with Gasteiger partial charge in [0, 0.05) is 23.1 Å². The fourth-order valence-corrected chi connectivity index (χ4v) is 2.62. The predicted molar refractivity (Wildman–Crippen MR) is 102 cm³/mol. The third-order valence-electron chi connectivity index (χ3n) is 3.54. The molecule has 1 aliphatic carbocycles. The molecule has 0 unspecified atom stereocenters. The van der Waals surface area contributed by atoms with Crippen LogP contribution in [0.25, 0.3) is 0 Å². The Morgan fingerprint density at radius 2 is 1.57 bits per heavy atom. The van der Waals surface area contributed by atoms with E-state index in [0.717, 1.165) is 40.4 Å². The first kappa shape index (κ1) is 17.3. The Bertz CT molecular complexity index is 720. The van der Waals surface area contributed by atoms with E-state index in [1.165, 1.54) is 0 Å². The summed E-state index contributed by atoms with van der Waals surface area (Å²) in [7, 11) is 0. The van der Waals surface area contributed by atoms with Crippen LogP contribution in [-0.4, -0.2) is 6.21 Å². The van der Waals surface area contributed by atoms with Gasteiger partial charge in [0.25, 0.3) is 0 Å². The van der Waals surface area contributed by atoms with Crippen LogP contribution in [0.3, 0.4) is 0 Å². The zero-order chi connectivity index (χ0) is 15.2. The molecule has 0 aromatic heterocycles. The molecule has 4 heteroatoms. The number of nitrogens with zero attached hydrogens (tertiary/aromatic N) is 1. The minimum Gasteiger partial charge on any atom is -0.361 e. The van der Waals surface area contributed by atoms with E-state index in [0.29, 0.717) is 0 Å². The normalized spacial score (nSPS) is 16.0. The van der Waals surface area contributed by atoms with Gasteiger partial charge in [0.1, 0.15) is 0 Å². The smallest absolute Gasteiger partial charge is 0.0629 e. The molecule has 0 fully saturated rings. The predicted octanol–water partition coefficient (Wildman–Crippen LogP) is 6.09. The second-order valence-corrected chi connectivity index (χ2v) is 5.49. The number of nitrogens with one attached hydrogen (secondary N) is 1. The van der Waals surface area contributed by atoms with Crippen molar-refractivity contribution in [2.75, 3.05) is 5.32 Å². The first-order valence-electron chi connectivity index (χ1n) is 7.32. The topological polar surface area (TPSA) is 24.4 Å². The monoisotopic (exact) mass is 344 g/mol. The van der Waals surface area contributed by atoms with Crippen molar-refractivity contribution in [1.29, 1.82) is 0 Å². The highest BCUT2D eigenvalue weighted by Crippen LogP contribution is 2.33. The summed E-state index contributed by atoms with van der Waals surface area (Å²) in [6.45, 7) is 0. The van der Waals surface area contributed by atoms with Gasteiger partial charge in [0.05, 0.1) is 5.69 Å². The third kappa shape index (κ3) is 4.72. The number of allylic oxidation sites excluding steroid dienone is 3. The second-order valence-electron chi connectivity index (χ2n) is 5.11. The molecule has 0 heterocycles. The number of aliphatic imine (C=N–C) groups is 1. The Hall–Kier alpha value is -2.03. The molecule has 0 bridgehead atoms. The lowest BCUT2D eigenvalue weighted by Crippen LogP contribution is -1.89. The number of rotatable bonds is 4. The average Bonchev–Trinajstić information content (AvgIpc) is 2.93. The Labute approximate surface area is 148 Å². The fourth-order valence-electron chi connectivity index (χ4n) is 2.32. The van der Waals surface area contributed by atoms with Crippen molar-refractivity contribution in [3.8, 4) is 0 Å². The van der Waals surface area contributed by atoms with E-state index in [1.807, 2.05) is 73.1 Å². The van der Waals surface area contributed by atoms with Gasteiger partial charge >= 0.3 is 0 Å². The van der Waals surface area contributed by atoms with E-state index < -0.39 is 0 Å². The van der Waals surface area contributed by atoms with Crippen LogP contribution < -0.4 is 5.32 Å². The van der Waals surface area contributed by atoms with Gasteiger partial charge in [-0.05, 0) is 48.3 Å². The molecule has 0 aliphatic heterocycles. The average molecular weight is 345 g/mol. The molecule has 0 atom stereocenters. The van der Waals surface area contributed by atoms with E-state index in [1.54, 1.807) is 0 Å². The molecule has 2 nitrogen and oxygen atoms in total. The summed E-state index contributed by atoms with van der Waals surface area (Å²) < 4.78 is 0. The minimum atomic E-state index is 0. The first-order chi connectivity index (χ1) is 10.8. The van der Waals surface area contributed by atoms with Crippen LogP contribution in [-0.2, 0) is 0 Å². The fraction of sp³-hybridized carbons (Fsp3) is 0.105. The highest BCUT2D eigenvalue weighted by Gasteiger charge is 2.16. The second kappa shape index (κ2) is 8.56. The van der Waals surface area contributed by atoms with E-state index in [4.69, 9.17) is 11.6 Å². The van der Waals surface area contributed by atoms with Crippen LogP contribution in [0.15, 0.2) is 88.0 Å². The van der Waals surface area contributed by atoms with Crippen LogP contribution >= 0.6 is 24.0 Å². The van der Waals surface area contributed by atoms with Gasteiger partial charge in [0.2, 0.25) is 0 Å². The summed E-state index contributed by atoms with van der Waals surface area (Å²) in [6.07, 6.45) is 5.73. The van der Waals surface area contributed by atoms with Crippen molar-refractivity contribution in [2.24, 2.45) is 4.99 Å².